The monoisotopic (exact) mass is 458 g/mol. The van der Waals surface area contributed by atoms with Gasteiger partial charge in [-0.05, 0) is 62.7 Å². The average Bonchev–Trinajstić information content (AvgIpc) is 3.15. The molecule has 34 heavy (non-hydrogen) atoms. The molecule has 0 bridgehead atoms. The Hall–Kier alpha value is -4.14. The van der Waals surface area contributed by atoms with Crippen LogP contribution in [0.5, 0.6) is 5.75 Å². The molecule has 0 saturated heterocycles. The number of rotatable bonds is 5. The molecule has 2 aromatic heterocycles. The van der Waals surface area contributed by atoms with Crippen LogP contribution in [0.1, 0.15) is 43.0 Å². The predicted molar refractivity (Wildman–Crippen MR) is 124 cm³/mol. The highest BCUT2D eigenvalue weighted by Gasteiger charge is 2.33. The fourth-order valence-corrected chi connectivity index (χ4v) is 4.20. The topological polar surface area (TPSA) is 94.8 Å². The predicted octanol–water partition coefficient (Wildman–Crippen LogP) is 4.43. The highest BCUT2D eigenvalue weighted by atomic mass is 19.1. The van der Waals surface area contributed by atoms with Crippen LogP contribution in [0.4, 0.5) is 10.2 Å². The van der Waals surface area contributed by atoms with E-state index in [1.165, 1.54) is 23.0 Å². The summed E-state index contributed by atoms with van der Waals surface area (Å²) in [6, 6.07) is 13.8. The van der Waals surface area contributed by atoms with E-state index in [9.17, 15) is 9.18 Å². The molecule has 0 spiro atoms. The molecule has 3 heterocycles. The van der Waals surface area contributed by atoms with Gasteiger partial charge in [0.2, 0.25) is 5.91 Å². The van der Waals surface area contributed by atoms with Gasteiger partial charge in [0, 0.05) is 23.5 Å². The molecule has 0 fully saturated rings. The number of aryl methyl sites for hydroxylation is 1. The number of hydrogen-bond donors (Lipinski definition) is 1. The van der Waals surface area contributed by atoms with Crippen molar-refractivity contribution in [3.05, 3.63) is 77.4 Å². The summed E-state index contributed by atoms with van der Waals surface area (Å²) in [5, 5.41) is 15.8. The highest BCUT2D eigenvalue weighted by molar-refractivity contribution is 5.95. The van der Waals surface area contributed by atoms with Gasteiger partial charge in [-0.1, -0.05) is 12.1 Å². The van der Waals surface area contributed by atoms with Crippen LogP contribution < -0.4 is 10.1 Å². The van der Waals surface area contributed by atoms with Gasteiger partial charge in [0.1, 0.15) is 17.4 Å². The third kappa shape index (κ3) is 4.12. The molecule has 1 amide bonds. The SMILES string of the molecule is Cc1nn(-c2nncc(-c3ccc(F)cc3)n2)c2c1C(c1cccc(OC(C)C)c1)CC(=O)N2. The molecule has 1 N–H and O–H groups in total. The molecular weight excluding hydrogens is 435 g/mol. The van der Waals surface area contributed by atoms with Crippen LogP contribution >= 0.6 is 0 Å². The second kappa shape index (κ2) is 8.66. The molecule has 0 radical (unpaired) electrons. The molecule has 9 heteroatoms. The summed E-state index contributed by atoms with van der Waals surface area (Å²) in [4.78, 5) is 17.3. The largest absolute Gasteiger partial charge is 0.491 e. The lowest BCUT2D eigenvalue weighted by Gasteiger charge is -2.24. The summed E-state index contributed by atoms with van der Waals surface area (Å²) in [6.45, 7) is 5.84. The van der Waals surface area contributed by atoms with Gasteiger partial charge in [0.25, 0.3) is 5.95 Å². The van der Waals surface area contributed by atoms with Crippen molar-refractivity contribution < 1.29 is 13.9 Å². The molecule has 1 aliphatic rings. The lowest BCUT2D eigenvalue weighted by molar-refractivity contribution is -0.116. The number of fused-ring (bicyclic) bond motifs is 1. The number of amides is 1. The number of carbonyl (C=O) groups is 1. The number of carbonyl (C=O) groups excluding carboxylic acids is 1. The van der Waals surface area contributed by atoms with Gasteiger partial charge in [0.15, 0.2) is 0 Å². The third-order valence-corrected chi connectivity index (χ3v) is 5.61. The Balaban J connectivity index is 1.57. The smallest absolute Gasteiger partial charge is 0.272 e. The first-order valence-electron chi connectivity index (χ1n) is 11.0. The standard InChI is InChI=1S/C25H23FN6O2/c1-14(2)34-19-6-4-5-17(11-19)20-12-22(33)29-24-23(20)15(3)31-32(24)25-28-21(13-27-30-25)16-7-9-18(26)10-8-16/h4-11,13-14,20H,12H2,1-3H3,(H,29,33). The summed E-state index contributed by atoms with van der Waals surface area (Å²) < 4.78 is 20.7. The quantitative estimate of drug-likeness (QED) is 0.475. The van der Waals surface area contributed by atoms with E-state index in [0.717, 1.165) is 22.6 Å². The first-order valence-corrected chi connectivity index (χ1v) is 11.0. The van der Waals surface area contributed by atoms with Crippen LogP contribution in [0.15, 0.2) is 54.7 Å². The highest BCUT2D eigenvalue weighted by Crippen LogP contribution is 2.40. The Labute approximate surface area is 195 Å². The molecule has 8 nitrogen and oxygen atoms in total. The number of ether oxygens (including phenoxy) is 1. The van der Waals surface area contributed by atoms with E-state index in [1.807, 2.05) is 45.0 Å². The van der Waals surface area contributed by atoms with Crippen LogP contribution in [0.25, 0.3) is 17.2 Å². The van der Waals surface area contributed by atoms with Crippen molar-refractivity contribution in [1.82, 2.24) is 25.0 Å². The third-order valence-electron chi connectivity index (χ3n) is 5.61. The van der Waals surface area contributed by atoms with E-state index >= 15 is 0 Å². The van der Waals surface area contributed by atoms with Crippen molar-refractivity contribution in [2.45, 2.75) is 39.2 Å². The summed E-state index contributed by atoms with van der Waals surface area (Å²) in [5.74, 6) is 0.831. The fraction of sp³-hybridized carbons (Fsp3) is 0.240. The number of hydrogen-bond acceptors (Lipinski definition) is 6. The minimum atomic E-state index is -0.334. The van der Waals surface area contributed by atoms with Crippen molar-refractivity contribution >= 4 is 11.7 Å². The maximum atomic E-state index is 13.3. The first kappa shape index (κ1) is 21.7. The number of aromatic nitrogens is 5. The van der Waals surface area contributed by atoms with Gasteiger partial charge in [-0.3, -0.25) is 4.79 Å². The van der Waals surface area contributed by atoms with Gasteiger partial charge in [-0.15, -0.1) is 5.10 Å². The number of benzene rings is 2. The molecule has 5 rings (SSSR count). The lowest BCUT2D eigenvalue weighted by Crippen LogP contribution is -2.25. The Morgan fingerprint density at radius 3 is 2.74 bits per heavy atom. The minimum Gasteiger partial charge on any atom is -0.491 e. The molecule has 0 saturated carbocycles. The van der Waals surface area contributed by atoms with Gasteiger partial charge in [-0.2, -0.15) is 14.9 Å². The molecule has 4 aromatic rings. The van der Waals surface area contributed by atoms with Crippen molar-refractivity contribution in [2.75, 3.05) is 5.32 Å². The van der Waals surface area contributed by atoms with Gasteiger partial charge >= 0.3 is 0 Å². The van der Waals surface area contributed by atoms with Crippen LogP contribution in [-0.4, -0.2) is 37.0 Å². The maximum Gasteiger partial charge on any atom is 0.272 e. The number of halogens is 1. The van der Waals surface area contributed by atoms with E-state index in [0.29, 0.717) is 23.5 Å². The van der Waals surface area contributed by atoms with Gasteiger partial charge in [-0.25, -0.2) is 9.37 Å². The molecule has 1 aliphatic heterocycles. The molecule has 2 aromatic carbocycles. The molecule has 172 valence electrons. The first-order chi connectivity index (χ1) is 16.4. The summed E-state index contributed by atoms with van der Waals surface area (Å²) >= 11 is 0. The summed E-state index contributed by atoms with van der Waals surface area (Å²) in [6.07, 6.45) is 1.84. The number of nitrogens with one attached hydrogen (secondary N) is 1. The van der Waals surface area contributed by atoms with E-state index < -0.39 is 0 Å². The molecule has 1 atom stereocenters. The Kier molecular flexibility index (Phi) is 5.53. The minimum absolute atomic E-state index is 0.0444. The number of nitrogens with zero attached hydrogens (tertiary/aromatic N) is 5. The molecule has 0 aliphatic carbocycles. The van der Waals surface area contributed by atoms with E-state index in [4.69, 9.17) is 4.74 Å². The zero-order valence-electron chi connectivity index (χ0n) is 19.0. The zero-order valence-corrected chi connectivity index (χ0v) is 19.0. The normalized spacial score (nSPS) is 15.2. The van der Waals surface area contributed by atoms with Crippen LogP contribution in [0, 0.1) is 12.7 Å². The maximum absolute atomic E-state index is 13.3. The van der Waals surface area contributed by atoms with Crippen LogP contribution in [-0.2, 0) is 4.79 Å². The van der Waals surface area contributed by atoms with Crippen molar-refractivity contribution in [1.29, 1.82) is 0 Å². The Bertz CT molecular complexity index is 1370. The Morgan fingerprint density at radius 2 is 1.97 bits per heavy atom. The van der Waals surface area contributed by atoms with Crippen molar-refractivity contribution in [3.8, 4) is 23.0 Å². The number of anilines is 1. The lowest BCUT2D eigenvalue weighted by atomic mass is 9.86. The second-order valence-electron chi connectivity index (χ2n) is 8.45. The van der Waals surface area contributed by atoms with E-state index in [-0.39, 0.29) is 29.7 Å². The Morgan fingerprint density at radius 1 is 1.18 bits per heavy atom. The van der Waals surface area contributed by atoms with Crippen LogP contribution in [0.2, 0.25) is 0 Å². The summed E-state index contributed by atoms with van der Waals surface area (Å²) in [7, 11) is 0. The molecular formula is C25H23FN6O2. The molecule has 1 unspecified atom stereocenters. The van der Waals surface area contributed by atoms with Crippen molar-refractivity contribution in [3.63, 3.8) is 0 Å². The van der Waals surface area contributed by atoms with E-state index in [1.54, 1.807) is 12.1 Å². The summed E-state index contributed by atoms with van der Waals surface area (Å²) in [5.41, 5.74) is 3.84. The van der Waals surface area contributed by atoms with Gasteiger partial charge in [0.05, 0.1) is 23.7 Å². The fourth-order valence-electron chi connectivity index (χ4n) is 4.20. The second-order valence-corrected chi connectivity index (χ2v) is 8.45. The van der Waals surface area contributed by atoms with E-state index in [2.05, 4.69) is 25.6 Å². The average molecular weight is 458 g/mol. The van der Waals surface area contributed by atoms with Crippen LogP contribution in [0.3, 0.4) is 0 Å². The van der Waals surface area contributed by atoms with Gasteiger partial charge < -0.3 is 10.1 Å². The zero-order chi connectivity index (χ0) is 23.8. The van der Waals surface area contributed by atoms with Crippen molar-refractivity contribution in [2.24, 2.45) is 0 Å².